The minimum atomic E-state index is 0.852. The Kier molecular flexibility index (Phi) is 6.59. The van der Waals surface area contributed by atoms with Gasteiger partial charge in [-0.1, -0.05) is 37.5 Å². The Morgan fingerprint density at radius 1 is 0.889 bits per heavy atom. The summed E-state index contributed by atoms with van der Waals surface area (Å²) in [6, 6.07) is 0. The maximum atomic E-state index is 5.15. The van der Waals surface area contributed by atoms with Gasteiger partial charge in [0.25, 0.3) is 0 Å². The Bertz CT molecular complexity index is 98.6. The maximum Gasteiger partial charge on any atom is -0.0166 e. The van der Waals surface area contributed by atoms with Gasteiger partial charge in [-0.25, -0.2) is 0 Å². The van der Waals surface area contributed by atoms with Crippen molar-refractivity contribution in [3.05, 3.63) is 37.5 Å². The first-order chi connectivity index (χ1) is 4.41. The molecule has 0 aliphatic heterocycles. The average Bonchev–Trinajstić information content (AvgIpc) is 1.89. The summed E-state index contributed by atoms with van der Waals surface area (Å²) < 4.78 is 0. The molecular weight excluding hydrogens is 108 g/mol. The number of hydrogen-bond acceptors (Lipinski definition) is 0. The lowest BCUT2D eigenvalue weighted by Gasteiger charge is -1.82. The fourth-order valence-electron chi connectivity index (χ4n) is 0.485. The zero-order valence-corrected chi connectivity index (χ0v) is 5.59. The monoisotopic (exact) mass is 120 g/mol. The van der Waals surface area contributed by atoms with Crippen molar-refractivity contribution >= 4 is 0 Å². The van der Waals surface area contributed by atoms with E-state index in [1.54, 1.807) is 12.2 Å². The van der Waals surface area contributed by atoms with E-state index in [1.807, 2.05) is 6.08 Å². The standard InChI is InChI=1S/C9H12/c1-3-5-7-9-8-6-4-2/h1-4,7,9H,5-6,8H2. The van der Waals surface area contributed by atoms with Crippen LogP contribution in [0.4, 0.5) is 0 Å². The Morgan fingerprint density at radius 3 is 2.22 bits per heavy atom. The van der Waals surface area contributed by atoms with Gasteiger partial charge in [0.15, 0.2) is 0 Å². The first kappa shape index (κ1) is 8.22. The van der Waals surface area contributed by atoms with Crippen molar-refractivity contribution in [1.29, 1.82) is 0 Å². The fourth-order valence-corrected chi connectivity index (χ4v) is 0.485. The van der Waals surface area contributed by atoms with Gasteiger partial charge in [-0.05, 0) is 19.3 Å². The van der Waals surface area contributed by atoms with Crippen molar-refractivity contribution in [1.82, 2.24) is 0 Å². The fraction of sp³-hybridized carbons (Fsp3) is 0.333. The van der Waals surface area contributed by atoms with Gasteiger partial charge in [0.1, 0.15) is 0 Å². The van der Waals surface area contributed by atoms with Crippen molar-refractivity contribution in [2.75, 3.05) is 0 Å². The number of unbranched alkanes of at least 4 members (excludes halogenated alkanes) is 1. The van der Waals surface area contributed by atoms with E-state index in [-0.39, 0.29) is 0 Å². The smallest absolute Gasteiger partial charge is 0.0166 e. The van der Waals surface area contributed by atoms with Crippen molar-refractivity contribution in [3.63, 3.8) is 0 Å². The highest BCUT2D eigenvalue weighted by Gasteiger charge is 1.72. The van der Waals surface area contributed by atoms with Crippen molar-refractivity contribution < 1.29 is 0 Å². The van der Waals surface area contributed by atoms with Gasteiger partial charge in [0.2, 0.25) is 0 Å². The molecule has 0 heteroatoms. The molecule has 0 nitrogen and oxygen atoms in total. The Morgan fingerprint density at radius 2 is 1.67 bits per heavy atom. The van der Waals surface area contributed by atoms with Crippen LogP contribution in [0.25, 0.3) is 0 Å². The molecule has 0 aromatic carbocycles. The summed E-state index contributed by atoms with van der Waals surface area (Å²) in [6.45, 7) is 10.3. The summed E-state index contributed by atoms with van der Waals surface area (Å²) in [6.07, 6.45) is 10.2. The van der Waals surface area contributed by atoms with Crippen LogP contribution in [0.5, 0.6) is 0 Å². The molecule has 0 saturated carbocycles. The van der Waals surface area contributed by atoms with Crippen molar-refractivity contribution in [2.24, 2.45) is 0 Å². The number of rotatable bonds is 5. The van der Waals surface area contributed by atoms with E-state index < -0.39 is 0 Å². The van der Waals surface area contributed by atoms with Gasteiger partial charge in [0.05, 0.1) is 0 Å². The summed E-state index contributed by atoms with van der Waals surface area (Å²) in [7, 11) is 0. The molecule has 2 radical (unpaired) electrons. The van der Waals surface area contributed by atoms with Crippen LogP contribution in [0, 0.1) is 13.2 Å². The third-order valence-corrected chi connectivity index (χ3v) is 0.939. The molecular formula is C9H12. The number of allylic oxidation sites excluding steroid dienone is 4. The maximum absolute atomic E-state index is 5.15. The van der Waals surface area contributed by atoms with Crippen LogP contribution in [-0.4, -0.2) is 0 Å². The van der Waals surface area contributed by atoms with Crippen LogP contribution < -0.4 is 0 Å². The molecule has 0 unspecified atom stereocenters. The van der Waals surface area contributed by atoms with Crippen LogP contribution in [0.1, 0.15) is 19.3 Å². The average molecular weight is 120 g/mol. The highest BCUT2D eigenvalue weighted by atomic mass is 13.8. The van der Waals surface area contributed by atoms with E-state index in [4.69, 9.17) is 13.2 Å². The van der Waals surface area contributed by atoms with Gasteiger partial charge >= 0.3 is 0 Å². The highest BCUT2D eigenvalue weighted by molar-refractivity contribution is 4.88. The minimum absolute atomic E-state index is 0.852. The van der Waals surface area contributed by atoms with Crippen LogP contribution in [0.15, 0.2) is 24.3 Å². The molecule has 0 aliphatic carbocycles. The van der Waals surface area contributed by atoms with Crippen LogP contribution in [-0.2, 0) is 0 Å². The summed E-state index contributed by atoms with van der Waals surface area (Å²) in [5.41, 5.74) is 0. The molecule has 0 atom stereocenters. The second kappa shape index (κ2) is 7.22. The number of hydrogen-bond donors (Lipinski definition) is 0. The summed E-state index contributed by atoms with van der Waals surface area (Å²) >= 11 is 0. The molecule has 9 heavy (non-hydrogen) atoms. The van der Waals surface area contributed by atoms with E-state index in [1.165, 1.54) is 0 Å². The summed E-state index contributed by atoms with van der Waals surface area (Å²) in [5.74, 6) is 0. The van der Waals surface area contributed by atoms with Gasteiger partial charge < -0.3 is 0 Å². The van der Waals surface area contributed by atoms with Crippen molar-refractivity contribution in [2.45, 2.75) is 19.3 Å². The van der Waals surface area contributed by atoms with Gasteiger partial charge in [0, 0.05) is 0 Å². The molecule has 0 aromatic heterocycles. The molecule has 48 valence electrons. The molecule has 0 aromatic rings. The second-order valence-electron chi connectivity index (χ2n) is 1.76. The van der Waals surface area contributed by atoms with Crippen LogP contribution in [0.2, 0.25) is 0 Å². The third kappa shape index (κ3) is 7.22. The zero-order valence-electron chi connectivity index (χ0n) is 5.59. The lowest BCUT2D eigenvalue weighted by atomic mass is 10.2. The molecule has 0 bridgehead atoms. The van der Waals surface area contributed by atoms with Crippen LogP contribution in [0.3, 0.4) is 0 Å². The third-order valence-electron chi connectivity index (χ3n) is 0.939. The molecule has 0 heterocycles. The Balaban J connectivity index is 3.03. The molecule has 0 fully saturated rings. The van der Waals surface area contributed by atoms with E-state index in [2.05, 4.69) is 6.08 Å². The molecule has 0 amide bonds. The van der Waals surface area contributed by atoms with E-state index in [9.17, 15) is 0 Å². The largest absolute Gasteiger partial charge is 0.0879 e. The second-order valence-corrected chi connectivity index (χ2v) is 1.76. The van der Waals surface area contributed by atoms with Gasteiger partial charge in [-0.15, -0.1) is 0 Å². The normalized spacial score (nSPS) is 9.78. The van der Waals surface area contributed by atoms with E-state index in [0.29, 0.717) is 0 Å². The molecule has 0 saturated heterocycles. The van der Waals surface area contributed by atoms with Crippen molar-refractivity contribution in [3.8, 4) is 0 Å². The minimum Gasteiger partial charge on any atom is -0.0879 e. The molecule has 0 spiro atoms. The summed E-state index contributed by atoms with van der Waals surface area (Å²) in [4.78, 5) is 0. The molecule has 0 N–H and O–H groups in total. The highest BCUT2D eigenvalue weighted by Crippen LogP contribution is 1.92. The van der Waals surface area contributed by atoms with Gasteiger partial charge in [-0.3, -0.25) is 0 Å². The molecule has 0 aliphatic rings. The Hall–Kier alpha value is -0.780. The SMILES string of the molecule is [CH]=CCC=CCCC=[CH]. The quantitative estimate of drug-likeness (QED) is 0.386. The lowest BCUT2D eigenvalue weighted by Crippen LogP contribution is -1.62. The summed E-state index contributed by atoms with van der Waals surface area (Å²) in [5, 5.41) is 0. The lowest BCUT2D eigenvalue weighted by molar-refractivity contribution is 1.05. The topological polar surface area (TPSA) is 0 Å². The molecule has 0 rings (SSSR count). The first-order valence-electron chi connectivity index (χ1n) is 3.13. The van der Waals surface area contributed by atoms with Gasteiger partial charge in [-0.2, -0.15) is 0 Å². The van der Waals surface area contributed by atoms with Crippen LogP contribution >= 0.6 is 0 Å². The first-order valence-corrected chi connectivity index (χ1v) is 3.13. The zero-order chi connectivity index (χ0) is 6.95. The Labute approximate surface area is 57.6 Å². The van der Waals surface area contributed by atoms with E-state index in [0.717, 1.165) is 19.3 Å². The van der Waals surface area contributed by atoms with E-state index >= 15 is 0 Å². The predicted octanol–water partition coefficient (Wildman–Crippen LogP) is 2.69. The predicted molar refractivity (Wildman–Crippen MR) is 40.7 cm³/mol.